The number of aryl methyl sites for hydroxylation is 2. The summed E-state index contributed by atoms with van der Waals surface area (Å²) in [5.74, 6) is 1.72. The van der Waals surface area contributed by atoms with Gasteiger partial charge in [-0.3, -0.25) is 4.79 Å². The number of nitrogen functional groups attached to an aromatic ring is 1. The zero-order valence-electron chi connectivity index (χ0n) is 20.3. The molecule has 0 atom stereocenters. The van der Waals surface area contributed by atoms with Crippen molar-refractivity contribution in [3.8, 4) is 11.5 Å². The summed E-state index contributed by atoms with van der Waals surface area (Å²) in [5, 5.41) is 21.3. The summed E-state index contributed by atoms with van der Waals surface area (Å²) < 4.78 is 6.04. The van der Waals surface area contributed by atoms with Crippen LogP contribution in [0, 0.1) is 13.8 Å². The number of aliphatic hydroxyl groups is 2. The number of nitrogens with two attached hydrogens (primary N) is 1. The van der Waals surface area contributed by atoms with Gasteiger partial charge in [0.15, 0.2) is 0 Å². The van der Waals surface area contributed by atoms with Crippen LogP contribution >= 0.6 is 23.0 Å². The van der Waals surface area contributed by atoms with Gasteiger partial charge in [-0.1, -0.05) is 29.8 Å². The van der Waals surface area contributed by atoms with Crippen LogP contribution in [0.1, 0.15) is 35.9 Å². The number of nitrogens with zero attached hydrogens (tertiary/aromatic N) is 3. The monoisotopic (exact) mass is 528 g/mol. The van der Waals surface area contributed by atoms with Gasteiger partial charge < -0.3 is 25.6 Å². The Bertz CT molecular complexity index is 1310. The first-order chi connectivity index (χ1) is 17.2. The van der Waals surface area contributed by atoms with Crippen molar-refractivity contribution >= 4 is 40.2 Å². The molecule has 0 fully saturated rings. The molecule has 0 aliphatic heterocycles. The van der Waals surface area contributed by atoms with E-state index >= 15 is 0 Å². The number of carbonyl (C=O) groups is 1. The lowest BCUT2D eigenvalue weighted by Crippen LogP contribution is -2.22. The smallest absolute Gasteiger partial charge is 0.214 e. The summed E-state index contributed by atoms with van der Waals surface area (Å²) in [4.78, 5) is 22.4. The average Bonchev–Trinajstić information content (AvgIpc) is 2.84. The van der Waals surface area contributed by atoms with E-state index in [-0.39, 0.29) is 24.6 Å². The van der Waals surface area contributed by atoms with Crippen molar-refractivity contribution in [2.45, 2.75) is 33.7 Å². The lowest BCUT2D eigenvalue weighted by molar-refractivity contribution is -0.116. The van der Waals surface area contributed by atoms with E-state index in [4.69, 9.17) is 22.1 Å². The minimum atomic E-state index is -0.160. The maximum atomic E-state index is 12.0. The lowest BCUT2D eigenvalue weighted by Gasteiger charge is -2.22. The summed E-state index contributed by atoms with van der Waals surface area (Å²) in [7, 11) is 0. The van der Waals surface area contributed by atoms with Gasteiger partial charge in [0.2, 0.25) is 6.41 Å². The molecule has 3 rings (SSSR count). The van der Waals surface area contributed by atoms with E-state index in [0.29, 0.717) is 67.7 Å². The summed E-state index contributed by atoms with van der Waals surface area (Å²) in [6.45, 7) is 5.39. The van der Waals surface area contributed by atoms with Crippen molar-refractivity contribution < 1.29 is 19.7 Å². The van der Waals surface area contributed by atoms with Crippen LogP contribution < -0.4 is 10.5 Å². The first kappa shape index (κ1) is 27.3. The molecule has 0 unspecified atom stereocenters. The van der Waals surface area contributed by atoms with Crippen molar-refractivity contribution in [3.05, 3.63) is 86.8 Å². The van der Waals surface area contributed by atoms with Gasteiger partial charge in [-0.25, -0.2) is 9.97 Å². The van der Waals surface area contributed by atoms with Crippen molar-refractivity contribution in [1.82, 2.24) is 14.9 Å². The molecule has 1 aromatic heterocycles. The average molecular weight is 529 g/mol. The number of halogens is 1. The fourth-order valence-electron chi connectivity index (χ4n) is 3.37. The Kier molecular flexibility index (Phi) is 9.60. The normalized spacial score (nSPS) is 12.4. The van der Waals surface area contributed by atoms with Crippen LogP contribution in [0.5, 0.6) is 11.5 Å². The van der Waals surface area contributed by atoms with Gasteiger partial charge in [-0.05, 0) is 50.6 Å². The van der Waals surface area contributed by atoms with Crippen molar-refractivity contribution in [2.24, 2.45) is 0 Å². The van der Waals surface area contributed by atoms with Gasteiger partial charge in [0.1, 0.15) is 28.2 Å². The number of thiol groups is 1. The number of ether oxygens (including phenoxy) is 1. The Morgan fingerprint density at radius 3 is 2.64 bits per heavy atom. The van der Waals surface area contributed by atoms with Crippen LogP contribution in [0.2, 0.25) is 5.02 Å². The van der Waals surface area contributed by atoms with E-state index in [1.54, 1.807) is 44.3 Å². The lowest BCUT2D eigenvalue weighted by atomic mass is 10.1. The summed E-state index contributed by atoms with van der Waals surface area (Å²) in [5.41, 5.74) is 8.58. The molecular weight excluding hydrogens is 500 g/mol. The number of benzene rings is 2. The van der Waals surface area contributed by atoms with Crippen LogP contribution in [0.25, 0.3) is 0 Å². The molecule has 190 valence electrons. The van der Waals surface area contributed by atoms with Crippen LogP contribution in [0.15, 0.2) is 59.3 Å². The fourth-order valence-corrected chi connectivity index (χ4v) is 4.61. The number of hydrogen-bond acceptors (Lipinski definition) is 6. The summed E-state index contributed by atoms with van der Waals surface area (Å²) in [6, 6.07) is 12.5. The molecule has 10 heteroatoms. The number of aromatic nitrogens is 2. The Balaban J connectivity index is 1.99. The highest BCUT2D eigenvalue weighted by atomic mass is 35.5. The quantitative estimate of drug-likeness (QED) is 0.168. The Hall–Kier alpha value is -3.24. The van der Waals surface area contributed by atoms with Crippen LogP contribution in [-0.4, -0.2) is 43.1 Å². The highest BCUT2D eigenvalue weighted by molar-refractivity contribution is 8.02. The van der Waals surface area contributed by atoms with E-state index in [2.05, 4.69) is 9.97 Å². The second kappa shape index (κ2) is 12.6. The zero-order chi connectivity index (χ0) is 26.2. The van der Waals surface area contributed by atoms with Gasteiger partial charge in [0.25, 0.3) is 0 Å². The number of para-hydroxylation sites is 1. The van der Waals surface area contributed by atoms with Crippen molar-refractivity contribution in [3.63, 3.8) is 0 Å². The molecule has 0 aliphatic rings. The Morgan fingerprint density at radius 2 is 1.97 bits per heavy atom. The Labute approximate surface area is 219 Å². The first-order valence-corrected chi connectivity index (χ1v) is 12.4. The maximum absolute atomic E-state index is 12.0. The molecule has 36 heavy (non-hydrogen) atoms. The highest BCUT2D eigenvalue weighted by Crippen LogP contribution is 2.33. The zero-order valence-corrected chi connectivity index (χ0v) is 21.9. The fraction of sp³-hybridized carbons (Fsp3) is 0.231. The van der Waals surface area contributed by atoms with E-state index in [0.717, 1.165) is 5.56 Å². The van der Waals surface area contributed by atoms with Crippen LogP contribution in [0.4, 0.5) is 5.82 Å². The number of amides is 1. The molecule has 0 bridgehead atoms. The van der Waals surface area contributed by atoms with Crippen molar-refractivity contribution in [2.75, 3.05) is 12.3 Å². The molecule has 1 amide bonds. The predicted octanol–water partition coefficient (Wildman–Crippen LogP) is 4.90. The van der Waals surface area contributed by atoms with E-state index < -0.39 is 0 Å². The molecule has 4 N–H and O–H groups in total. The molecule has 1 heterocycles. The van der Waals surface area contributed by atoms with Crippen LogP contribution in [-0.2, 0) is 11.3 Å². The number of aliphatic hydroxyl groups excluding tert-OH is 2. The third-order valence-electron chi connectivity index (χ3n) is 5.36. The Morgan fingerprint density at radius 1 is 1.22 bits per heavy atom. The molecule has 0 saturated carbocycles. The minimum Gasteiger partial charge on any atom is -0.455 e. The molecule has 0 radical (unpaired) electrons. The van der Waals surface area contributed by atoms with Gasteiger partial charge in [0, 0.05) is 35.4 Å². The van der Waals surface area contributed by atoms with E-state index in [9.17, 15) is 15.0 Å². The molecule has 2 aromatic carbocycles. The molecule has 8 nitrogen and oxygen atoms in total. The molecular formula is C26H29ClN4O4S. The number of carbonyl (C=O) groups excluding carboxylic acids is 1. The van der Waals surface area contributed by atoms with Crippen molar-refractivity contribution in [1.29, 1.82) is 0 Å². The number of hydrogen-bond donors (Lipinski definition) is 4. The van der Waals surface area contributed by atoms with Gasteiger partial charge in [0.05, 0.1) is 17.1 Å². The molecule has 0 spiro atoms. The van der Waals surface area contributed by atoms with Gasteiger partial charge in [-0.2, -0.15) is 0 Å². The minimum absolute atomic E-state index is 0.00360. The molecule has 3 aromatic rings. The van der Waals surface area contributed by atoms with E-state index in [1.807, 2.05) is 25.1 Å². The van der Waals surface area contributed by atoms with Gasteiger partial charge in [-0.15, -0.1) is 11.4 Å². The largest absolute Gasteiger partial charge is 0.455 e. The van der Waals surface area contributed by atoms with E-state index in [1.165, 1.54) is 4.90 Å². The number of allylic oxidation sites excluding steroid dienone is 1. The third kappa shape index (κ3) is 6.92. The maximum Gasteiger partial charge on any atom is 0.214 e. The second-order valence-corrected chi connectivity index (χ2v) is 9.63. The topological polar surface area (TPSA) is 122 Å². The number of rotatable bonds is 10. The molecule has 0 aliphatic carbocycles. The number of anilines is 1. The SMILES string of the molecule is C/C(=C(CCO)/[SH]=C(\O)c1ccc(C)cc1Oc1ccccc1Cl)N(C=O)Cc1cnc(C)nc1N. The highest BCUT2D eigenvalue weighted by Gasteiger charge is 2.15. The van der Waals surface area contributed by atoms with Gasteiger partial charge >= 0.3 is 0 Å². The first-order valence-electron chi connectivity index (χ1n) is 11.1. The standard InChI is InChI=1S/C26H29ClN4O4S/c1-16-8-9-20(23(12-16)35-22-7-5-4-6-21(22)27)26(34)36-24(10-11-32)17(2)31(15-33)14-19-13-29-18(3)30-25(19)28/h4-9,12-13,15,32,34,36H,10-11,14H2,1-3H3,(H2,28,29,30)/b24-17-. The van der Waals surface area contributed by atoms with Crippen LogP contribution in [0.3, 0.4) is 0 Å². The summed E-state index contributed by atoms with van der Waals surface area (Å²) in [6.07, 6.45) is 2.50. The third-order valence-corrected chi connectivity index (χ3v) is 6.94. The predicted molar refractivity (Wildman–Crippen MR) is 146 cm³/mol. The summed E-state index contributed by atoms with van der Waals surface area (Å²) >= 11 is 6.67. The molecule has 0 saturated heterocycles. The second-order valence-electron chi connectivity index (χ2n) is 8.03.